The van der Waals surface area contributed by atoms with Crippen LogP contribution in [-0.2, 0) is 0 Å². The lowest BCUT2D eigenvalue weighted by Crippen LogP contribution is -2.31. The van der Waals surface area contributed by atoms with E-state index < -0.39 is 17.7 Å². The maximum Gasteiger partial charge on any atom is 0.257 e. The number of amides is 1. The van der Waals surface area contributed by atoms with Gasteiger partial charge in [-0.25, -0.2) is 9.37 Å². The van der Waals surface area contributed by atoms with Crippen molar-refractivity contribution in [2.24, 2.45) is 0 Å². The second-order valence-corrected chi connectivity index (χ2v) is 2.94. The topological polar surface area (TPSA) is 33.2 Å². The molecule has 1 aromatic rings. The largest absolute Gasteiger partial charge is 0.339 e. The second kappa shape index (κ2) is 4.82. The summed E-state index contributed by atoms with van der Waals surface area (Å²) in [5, 5.41) is 0. The summed E-state index contributed by atoms with van der Waals surface area (Å²) in [6.45, 7) is 4.46. The van der Waals surface area contributed by atoms with Crippen molar-refractivity contribution in [2.75, 3.05) is 13.1 Å². The SMILES string of the molecule is CCN(CC)C(=O)c1ccnc(F)c1F. The highest BCUT2D eigenvalue weighted by molar-refractivity contribution is 5.94. The van der Waals surface area contributed by atoms with E-state index in [4.69, 9.17) is 0 Å². The van der Waals surface area contributed by atoms with E-state index in [1.54, 1.807) is 13.8 Å². The third kappa shape index (κ3) is 2.29. The molecule has 0 N–H and O–H groups in total. The predicted octanol–water partition coefficient (Wildman–Crippen LogP) is 1.84. The zero-order valence-corrected chi connectivity index (χ0v) is 8.63. The standard InChI is InChI=1S/C10H12F2N2O/c1-3-14(4-2)10(15)7-5-6-13-9(12)8(7)11/h5-6H,3-4H2,1-2H3. The zero-order chi connectivity index (χ0) is 11.4. The van der Waals surface area contributed by atoms with E-state index in [-0.39, 0.29) is 5.56 Å². The fourth-order valence-electron chi connectivity index (χ4n) is 1.26. The van der Waals surface area contributed by atoms with Crippen LogP contribution in [0.1, 0.15) is 24.2 Å². The van der Waals surface area contributed by atoms with Crippen LogP contribution in [0.2, 0.25) is 0 Å². The molecule has 0 fully saturated rings. The van der Waals surface area contributed by atoms with Gasteiger partial charge in [0.2, 0.25) is 5.95 Å². The van der Waals surface area contributed by atoms with Crippen LogP contribution in [0.4, 0.5) is 8.78 Å². The van der Waals surface area contributed by atoms with Gasteiger partial charge in [-0.2, -0.15) is 4.39 Å². The summed E-state index contributed by atoms with van der Waals surface area (Å²) in [5.74, 6) is -2.94. The summed E-state index contributed by atoms with van der Waals surface area (Å²) in [4.78, 5) is 16.2. The minimum atomic E-state index is -1.24. The van der Waals surface area contributed by atoms with Gasteiger partial charge >= 0.3 is 0 Å². The number of carbonyl (C=O) groups excluding carboxylic acids is 1. The molecule has 15 heavy (non-hydrogen) atoms. The lowest BCUT2D eigenvalue weighted by Gasteiger charge is -2.18. The van der Waals surface area contributed by atoms with E-state index in [0.717, 1.165) is 6.20 Å². The van der Waals surface area contributed by atoms with Gasteiger partial charge < -0.3 is 4.90 Å². The molecule has 0 atom stereocenters. The first-order valence-corrected chi connectivity index (χ1v) is 4.71. The maximum atomic E-state index is 13.2. The highest BCUT2D eigenvalue weighted by atomic mass is 19.2. The maximum absolute atomic E-state index is 13.2. The molecule has 3 nitrogen and oxygen atoms in total. The molecular weight excluding hydrogens is 202 g/mol. The molecular formula is C10H12F2N2O. The highest BCUT2D eigenvalue weighted by Crippen LogP contribution is 2.11. The summed E-state index contributed by atoms with van der Waals surface area (Å²) in [5.41, 5.74) is -0.272. The average Bonchev–Trinajstić information content (AvgIpc) is 2.23. The van der Waals surface area contributed by atoms with Crippen molar-refractivity contribution < 1.29 is 13.6 Å². The Hall–Kier alpha value is -1.52. The third-order valence-electron chi connectivity index (χ3n) is 2.13. The monoisotopic (exact) mass is 214 g/mol. The molecule has 1 rings (SSSR count). The number of hydrogen-bond donors (Lipinski definition) is 0. The molecule has 5 heteroatoms. The molecule has 0 unspecified atom stereocenters. The van der Waals surface area contributed by atoms with Gasteiger partial charge in [0, 0.05) is 19.3 Å². The molecule has 1 aromatic heterocycles. The van der Waals surface area contributed by atoms with Crippen LogP contribution in [0.5, 0.6) is 0 Å². The quantitative estimate of drug-likeness (QED) is 0.719. The molecule has 0 bridgehead atoms. The van der Waals surface area contributed by atoms with Crippen LogP contribution in [0.3, 0.4) is 0 Å². The normalized spacial score (nSPS) is 10.1. The van der Waals surface area contributed by atoms with Crippen LogP contribution in [-0.4, -0.2) is 28.9 Å². The Morgan fingerprint density at radius 3 is 2.53 bits per heavy atom. The van der Waals surface area contributed by atoms with E-state index >= 15 is 0 Å². The summed E-state index contributed by atoms with van der Waals surface area (Å²) in [6.07, 6.45) is 1.08. The molecule has 0 saturated heterocycles. The van der Waals surface area contributed by atoms with E-state index in [2.05, 4.69) is 4.98 Å². The third-order valence-corrected chi connectivity index (χ3v) is 2.13. The van der Waals surface area contributed by atoms with Gasteiger partial charge in [-0.1, -0.05) is 0 Å². The summed E-state index contributed by atoms with van der Waals surface area (Å²) in [7, 11) is 0. The molecule has 0 radical (unpaired) electrons. The van der Waals surface area contributed by atoms with Crippen molar-refractivity contribution >= 4 is 5.91 Å². The molecule has 0 saturated carbocycles. The van der Waals surface area contributed by atoms with Crippen molar-refractivity contribution in [1.82, 2.24) is 9.88 Å². The minimum Gasteiger partial charge on any atom is -0.339 e. The number of hydrogen-bond acceptors (Lipinski definition) is 2. The molecule has 0 aliphatic rings. The van der Waals surface area contributed by atoms with Gasteiger partial charge in [0.15, 0.2) is 5.82 Å². The summed E-state index contributed by atoms with van der Waals surface area (Å²) < 4.78 is 26.0. The second-order valence-electron chi connectivity index (χ2n) is 2.94. The zero-order valence-electron chi connectivity index (χ0n) is 8.63. The average molecular weight is 214 g/mol. The minimum absolute atomic E-state index is 0.272. The fourth-order valence-corrected chi connectivity index (χ4v) is 1.26. The Bertz CT molecular complexity index is 364. The molecule has 0 aliphatic heterocycles. The number of aromatic nitrogens is 1. The summed E-state index contributed by atoms with van der Waals surface area (Å²) in [6, 6.07) is 1.18. The molecule has 0 spiro atoms. The number of rotatable bonds is 3. The Balaban J connectivity index is 3.05. The lowest BCUT2D eigenvalue weighted by atomic mass is 10.2. The first kappa shape index (κ1) is 11.6. The van der Waals surface area contributed by atoms with Crippen molar-refractivity contribution in [1.29, 1.82) is 0 Å². The Kier molecular flexibility index (Phi) is 3.71. The number of nitrogens with zero attached hydrogens (tertiary/aromatic N) is 2. The van der Waals surface area contributed by atoms with Crippen LogP contribution in [0.25, 0.3) is 0 Å². The van der Waals surface area contributed by atoms with Crippen LogP contribution in [0, 0.1) is 11.8 Å². The van der Waals surface area contributed by atoms with Crippen molar-refractivity contribution in [3.63, 3.8) is 0 Å². The smallest absolute Gasteiger partial charge is 0.257 e. The Labute approximate surface area is 86.7 Å². The molecule has 1 amide bonds. The van der Waals surface area contributed by atoms with Crippen LogP contribution >= 0.6 is 0 Å². The lowest BCUT2D eigenvalue weighted by molar-refractivity contribution is 0.0766. The number of halogens is 2. The van der Waals surface area contributed by atoms with Crippen molar-refractivity contribution in [3.05, 3.63) is 29.6 Å². The van der Waals surface area contributed by atoms with Crippen LogP contribution < -0.4 is 0 Å². The van der Waals surface area contributed by atoms with Gasteiger partial charge in [0.05, 0.1) is 5.56 Å². The van der Waals surface area contributed by atoms with E-state index in [0.29, 0.717) is 13.1 Å². The number of pyridine rings is 1. The van der Waals surface area contributed by atoms with Crippen molar-refractivity contribution in [2.45, 2.75) is 13.8 Å². The Morgan fingerprint density at radius 2 is 2.00 bits per heavy atom. The van der Waals surface area contributed by atoms with Gasteiger partial charge in [0.25, 0.3) is 5.91 Å². The van der Waals surface area contributed by atoms with Gasteiger partial charge in [-0.15, -0.1) is 0 Å². The van der Waals surface area contributed by atoms with Crippen molar-refractivity contribution in [3.8, 4) is 0 Å². The van der Waals surface area contributed by atoms with E-state index in [1.807, 2.05) is 0 Å². The first-order chi connectivity index (χ1) is 7.11. The highest BCUT2D eigenvalue weighted by Gasteiger charge is 2.19. The molecule has 0 aromatic carbocycles. The predicted molar refractivity (Wildman–Crippen MR) is 51.4 cm³/mol. The van der Waals surface area contributed by atoms with E-state index in [9.17, 15) is 13.6 Å². The molecule has 0 aliphatic carbocycles. The number of carbonyl (C=O) groups is 1. The van der Waals surface area contributed by atoms with E-state index in [1.165, 1.54) is 11.0 Å². The van der Waals surface area contributed by atoms with Gasteiger partial charge in [-0.3, -0.25) is 4.79 Å². The summed E-state index contributed by atoms with van der Waals surface area (Å²) >= 11 is 0. The molecule has 1 heterocycles. The van der Waals surface area contributed by atoms with Gasteiger partial charge in [0.1, 0.15) is 0 Å². The first-order valence-electron chi connectivity index (χ1n) is 4.71. The Morgan fingerprint density at radius 1 is 1.40 bits per heavy atom. The van der Waals surface area contributed by atoms with Crippen LogP contribution in [0.15, 0.2) is 12.3 Å². The molecule has 82 valence electrons. The fraction of sp³-hybridized carbons (Fsp3) is 0.400. The van der Waals surface area contributed by atoms with Gasteiger partial charge in [-0.05, 0) is 19.9 Å².